The summed E-state index contributed by atoms with van der Waals surface area (Å²) in [5.41, 5.74) is 4.18. The van der Waals surface area contributed by atoms with Crippen LogP contribution in [0, 0.1) is 0 Å². The second-order valence-electron chi connectivity index (χ2n) is 7.29. The van der Waals surface area contributed by atoms with E-state index in [2.05, 4.69) is 56.1 Å². The van der Waals surface area contributed by atoms with Gasteiger partial charge in [0.1, 0.15) is 11.3 Å². The third kappa shape index (κ3) is 4.35. The van der Waals surface area contributed by atoms with Crippen molar-refractivity contribution in [3.8, 4) is 0 Å². The minimum absolute atomic E-state index is 0.273. The fourth-order valence-corrected chi connectivity index (χ4v) is 3.54. The van der Waals surface area contributed by atoms with Gasteiger partial charge < -0.3 is 14.9 Å². The van der Waals surface area contributed by atoms with Crippen molar-refractivity contribution in [2.45, 2.75) is 19.9 Å². The first-order valence-electron chi connectivity index (χ1n) is 10.1. The molecule has 32 heavy (non-hydrogen) atoms. The number of hydrogen-bond acceptors (Lipinski definition) is 9. The molecule has 0 saturated heterocycles. The van der Waals surface area contributed by atoms with E-state index in [9.17, 15) is 0 Å². The first-order valence-corrected chi connectivity index (χ1v) is 11.3. The van der Waals surface area contributed by atoms with Gasteiger partial charge in [0.2, 0.25) is 5.95 Å². The number of nitrogens with one attached hydrogen (secondary N) is 2. The zero-order chi connectivity index (χ0) is 22.7. The predicted molar refractivity (Wildman–Crippen MR) is 133 cm³/mol. The third-order valence-electron chi connectivity index (χ3n) is 4.87. The van der Waals surface area contributed by atoms with Crippen LogP contribution < -0.4 is 14.9 Å². The van der Waals surface area contributed by atoms with E-state index >= 15 is 0 Å². The van der Waals surface area contributed by atoms with Crippen LogP contribution in [0.1, 0.15) is 25.5 Å². The molecule has 0 fully saturated rings. The van der Waals surface area contributed by atoms with Crippen molar-refractivity contribution in [3.05, 3.63) is 55.1 Å². The third-order valence-corrected chi connectivity index (χ3v) is 5.60. The highest BCUT2D eigenvalue weighted by molar-refractivity contribution is 7.99. The van der Waals surface area contributed by atoms with E-state index in [-0.39, 0.29) is 6.04 Å². The molecule has 0 saturated carbocycles. The molecule has 3 aromatic heterocycles. The van der Waals surface area contributed by atoms with E-state index in [1.165, 1.54) is 0 Å². The molecule has 0 aliphatic carbocycles. The summed E-state index contributed by atoms with van der Waals surface area (Å²) in [4.78, 5) is 18.1. The van der Waals surface area contributed by atoms with Crippen LogP contribution >= 0.6 is 11.9 Å². The summed E-state index contributed by atoms with van der Waals surface area (Å²) < 4.78 is 3.92. The van der Waals surface area contributed by atoms with Crippen LogP contribution in [0.2, 0.25) is 0 Å². The second-order valence-corrected chi connectivity index (χ2v) is 8.21. The summed E-state index contributed by atoms with van der Waals surface area (Å²) in [6.07, 6.45) is 10.8. The van der Waals surface area contributed by atoms with E-state index in [0.717, 1.165) is 28.0 Å². The Labute approximate surface area is 191 Å². The van der Waals surface area contributed by atoms with Gasteiger partial charge >= 0.3 is 0 Å². The number of hydrogen-bond donors (Lipinski definition) is 2. The predicted octanol–water partition coefficient (Wildman–Crippen LogP) is 5.04. The van der Waals surface area contributed by atoms with Crippen molar-refractivity contribution in [2.24, 2.45) is 0 Å². The summed E-state index contributed by atoms with van der Waals surface area (Å²) in [6.45, 7) is 8.05. The molecular formula is C22H25N9S. The van der Waals surface area contributed by atoms with Crippen LogP contribution in [-0.4, -0.2) is 43.0 Å². The first kappa shape index (κ1) is 21.6. The minimum Gasteiger partial charge on any atom is -0.338 e. The Morgan fingerprint density at radius 1 is 1.12 bits per heavy atom. The van der Waals surface area contributed by atoms with Crippen molar-refractivity contribution in [1.29, 1.82) is 0 Å². The average Bonchev–Trinajstić information content (AvgIpc) is 3.27. The average molecular weight is 448 g/mol. The van der Waals surface area contributed by atoms with Crippen LogP contribution in [0.3, 0.4) is 0 Å². The molecule has 164 valence electrons. The second kappa shape index (κ2) is 9.23. The maximum atomic E-state index is 4.68. The topological polar surface area (TPSA) is 96.7 Å². The van der Waals surface area contributed by atoms with Gasteiger partial charge in [-0.3, -0.25) is 14.6 Å². The highest BCUT2D eigenvalue weighted by Crippen LogP contribution is 2.36. The fraction of sp³-hybridized carbons (Fsp3) is 0.227. The number of fused-ring (bicyclic) bond motifs is 1. The van der Waals surface area contributed by atoms with E-state index in [1.54, 1.807) is 36.6 Å². The van der Waals surface area contributed by atoms with Gasteiger partial charge in [-0.2, -0.15) is 10.1 Å². The van der Waals surface area contributed by atoms with Crippen molar-refractivity contribution < 1.29 is 0 Å². The molecule has 0 aliphatic heterocycles. The van der Waals surface area contributed by atoms with E-state index < -0.39 is 0 Å². The molecule has 4 aromatic rings. The Balaban J connectivity index is 1.71. The zero-order valence-electron chi connectivity index (χ0n) is 18.4. The van der Waals surface area contributed by atoms with Crippen LogP contribution in [0.5, 0.6) is 0 Å². The van der Waals surface area contributed by atoms with E-state index in [4.69, 9.17) is 0 Å². The molecule has 2 N–H and O–H groups in total. The number of anilines is 5. The Kier molecular flexibility index (Phi) is 6.22. The number of benzene rings is 1. The summed E-state index contributed by atoms with van der Waals surface area (Å²) in [5.74, 6) is 1.74. The summed E-state index contributed by atoms with van der Waals surface area (Å²) in [6, 6.07) is 6.08. The lowest BCUT2D eigenvalue weighted by Gasteiger charge is -2.22. The number of rotatable bonds is 8. The van der Waals surface area contributed by atoms with Gasteiger partial charge in [0.15, 0.2) is 5.82 Å². The SMILES string of the molecule is C=Cc1cnc(Nc2ccn(C(C)C)n2)nc1Nc1ccc2nccnc2c1N(C)SC. The van der Waals surface area contributed by atoms with Crippen molar-refractivity contribution in [1.82, 2.24) is 29.7 Å². The van der Waals surface area contributed by atoms with E-state index in [0.29, 0.717) is 17.6 Å². The fourth-order valence-electron chi connectivity index (χ4n) is 3.17. The lowest BCUT2D eigenvalue weighted by atomic mass is 10.2. The highest BCUT2D eigenvalue weighted by Gasteiger charge is 2.16. The minimum atomic E-state index is 0.273. The Morgan fingerprint density at radius 2 is 1.94 bits per heavy atom. The normalized spacial score (nSPS) is 11.0. The van der Waals surface area contributed by atoms with Gasteiger partial charge in [-0.1, -0.05) is 24.6 Å². The standard InChI is InChI=1S/C22H25N9S/c1-6-15-13-25-22(27-18-9-12-31(29-18)14(2)3)28-21(15)26-17-8-7-16-19(24-11-10-23-16)20(17)30(4)32-5/h6-14H,1H2,2-5H3,(H2,25,26,27,28,29). The summed E-state index contributed by atoms with van der Waals surface area (Å²) in [5, 5.41) is 11.1. The van der Waals surface area contributed by atoms with E-state index in [1.807, 2.05) is 46.7 Å². The maximum Gasteiger partial charge on any atom is 0.230 e. The van der Waals surface area contributed by atoms with Crippen molar-refractivity contribution >= 4 is 58.0 Å². The van der Waals surface area contributed by atoms with Gasteiger partial charge in [0.25, 0.3) is 0 Å². The first-order chi connectivity index (χ1) is 15.5. The van der Waals surface area contributed by atoms with Crippen LogP contribution in [0.4, 0.5) is 29.0 Å². The van der Waals surface area contributed by atoms with Gasteiger partial charge in [-0.15, -0.1) is 0 Å². The molecule has 4 rings (SSSR count). The molecule has 9 nitrogen and oxygen atoms in total. The van der Waals surface area contributed by atoms with Crippen molar-refractivity contribution in [2.75, 3.05) is 28.2 Å². The smallest absolute Gasteiger partial charge is 0.230 e. The molecule has 1 aromatic carbocycles. The van der Waals surface area contributed by atoms with Crippen LogP contribution in [-0.2, 0) is 0 Å². The molecule has 0 radical (unpaired) electrons. The molecule has 0 amide bonds. The van der Waals surface area contributed by atoms with Gasteiger partial charge in [-0.25, -0.2) is 4.98 Å². The van der Waals surface area contributed by atoms with Crippen LogP contribution in [0.25, 0.3) is 17.1 Å². The lowest BCUT2D eigenvalue weighted by molar-refractivity contribution is 0.534. The zero-order valence-corrected chi connectivity index (χ0v) is 19.3. The quantitative estimate of drug-likeness (QED) is 0.360. The van der Waals surface area contributed by atoms with Crippen LogP contribution in [0.15, 0.2) is 49.6 Å². The lowest BCUT2D eigenvalue weighted by Crippen LogP contribution is -2.11. The summed E-state index contributed by atoms with van der Waals surface area (Å²) >= 11 is 1.59. The number of nitrogens with zero attached hydrogens (tertiary/aromatic N) is 7. The molecule has 3 heterocycles. The number of aromatic nitrogens is 6. The molecule has 0 atom stereocenters. The summed E-state index contributed by atoms with van der Waals surface area (Å²) in [7, 11) is 1.99. The monoisotopic (exact) mass is 447 g/mol. The molecule has 0 aliphatic rings. The van der Waals surface area contributed by atoms with Gasteiger partial charge in [-0.05, 0) is 26.0 Å². The largest absolute Gasteiger partial charge is 0.338 e. The maximum absolute atomic E-state index is 4.68. The molecule has 10 heteroatoms. The highest BCUT2D eigenvalue weighted by atomic mass is 32.2. The van der Waals surface area contributed by atoms with Crippen molar-refractivity contribution in [3.63, 3.8) is 0 Å². The molecule has 0 unspecified atom stereocenters. The van der Waals surface area contributed by atoms with Gasteiger partial charge in [0, 0.05) is 55.8 Å². The molecular weight excluding hydrogens is 422 g/mol. The molecule has 0 spiro atoms. The van der Waals surface area contributed by atoms with Gasteiger partial charge in [0.05, 0.1) is 16.9 Å². The molecule has 0 bridgehead atoms. The Hall–Kier alpha value is -3.66. The Morgan fingerprint density at radius 3 is 2.66 bits per heavy atom. The Bertz CT molecular complexity index is 1250.